The van der Waals surface area contributed by atoms with Crippen LogP contribution in [-0.2, 0) is 0 Å². The van der Waals surface area contributed by atoms with Gasteiger partial charge in [-0.15, -0.1) is 0 Å². The quantitative estimate of drug-likeness (QED) is 0.847. The van der Waals surface area contributed by atoms with Crippen LogP contribution in [0.2, 0.25) is 0 Å². The fraction of sp³-hybridized carbons (Fsp3) is 0.353. The van der Waals surface area contributed by atoms with Gasteiger partial charge in [0.2, 0.25) is 0 Å². The van der Waals surface area contributed by atoms with E-state index < -0.39 is 5.97 Å². The van der Waals surface area contributed by atoms with Gasteiger partial charge >= 0.3 is 5.97 Å². The number of aromatic carboxylic acids is 1. The third kappa shape index (κ3) is 2.25. The molecule has 21 heavy (non-hydrogen) atoms. The monoisotopic (exact) mass is 284 g/mol. The van der Waals surface area contributed by atoms with E-state index >= 15 is 0 Å². The molecule has 4 nitrogen and oxygen atoms in total. The number of benzene rings is 1. The number of para-hydroxylation sites is 1. The summed E-state index contributed by atoms with van der Waals surface area (Å²) in [6.45, 7) is 3.08. The highest BCUT2D eigenvalue weighted by Gasteiger charge is 2.30. The highest BCUT2D eigenvalue weighted by Crippen LogP contribution is 2.39. The lowest BCUT2D eigenvalue weighted by molar-refractivity contribution is 0.0688. The smallest absolute Gasteiger partial charge is 0.352 e. The lowest BCUT2D eigenvalue weighted by atomic mass is 9.90. The van der Waals surface area contributed by atoms with E-state index in [1.165, 1.54) is 5.57 Å². The predicted octanol–water partition coefficient (Wildman–Crippen LogP) is 3.58. The predicted molar refractivity (Wildman–Crippen MR) is 83.6 cm³/mol. The lowest BCUT2D eigenvalue weighted by Crippen LogP contribution is -2.31. The molecule has 1 atom stereocenters. The van der Waals surface area contributed by atoms with Gasteiger partial charge in [-0.3, -0.25) is 4.90 Å². The Morgan fingerprint density at radius 3 is 2.90 bits per heavy atom. The van der Waals surface area contributed by atoms with E-state index in [4.69, 9.17) is 0 Å². The Balaban J connectivity index is 2.26. The number of aromatic amines is 1. The van der Waals surface area contributed by atoms with Crippen LogP contribution < -0.4 is 0 Å². The van der Waals surface area contributed by atoms with Gasteiger partial charge in [0.1, 0.15) is 5.69 Å². The average Bonchev–Trinajstić information content (AvgIpc) is 2.86. The number of carbonyl (C=O) groups is 1. The summed E-state index contributed by atoms with van der Waals surface area (Å²) < 4.78 is 0. The molecule has 1 aromatic carbocycles. The van der Waals surface area contributed by atoms with Crippen LogP contribution in [0.5, 0.6) is 0 Å². The molecule has 4 heteroatoms. The topological polar surface area (TPSA) is 56.3 Å². The molecule has 0 radical (unpaired) electrons. The molecule has 110 valence electrons. The second-order valence-electron chi connectivity index (χ2n) is 5.57. The molecule has 2 N–H and O–H groups in total. The molecule has 0 fully saturated rings. The molecule has 0 aliphatic carbocycles. The first kappa shape index (κ1) is 13.9. The number of rotatable bonds is 3. The SMILES string of the molecule is CCC1=CCCN(C)C1c1c(C(=O)O)[nH]c2ccccc12. The van der Waals surface area contributed by atoms with Crippen LogP contribution in [0.15, 0.2) is 35.9 Å². The van der Waals surface area contributed by atoms with Crippen LogP contribution in [0.3, 0.4) is 0 Å². The van der Waals surface area contributed by atoms with Crippen molar-refractivity contribution in [1.82, 2.24) is 9.88 Å². The molecule has 1 aromatic heterocycles. The zero-order valence-corrected chi connectivity index (χ0v) is 12.4. The van der Waals surface area contributed by atoms with Crippen molar-refractivity contribution in [2.75, 3.05) is 13.6 Å². The van der Waals surface area contributed by atoms with Gasteiger partial charge in [-0.05, 0) is 26.0 Å². The zero-order valence-electron chi connectivity index (χ0n) is 12.4. The van der Waals surface area contributed by atoms with E-state index in [2.05, 4.69) is 29.9 Å². The molecule has 2 aromatic rings. The third-order valence-electron chi connectivity index (χ3n) is 4.32. The Morgan fingerprint density at radius 2 is 2.19 bits per heavy atom. The van der Waals surface area contributed by atoms with Crippen molar-refractivity contribution in [2.24, 2.45) is 0 Å². The second-order valence-corrected chi connectivity index (χ2v) is 5.57. The van der Waals surface area contributed by atoms with E-state index in [9.17, 15) is 9.90 Å². The summed E-state index contributed by atoms with van der Waals surface area (Å²) in [5, 5.41) is 10.6. The van der Waals surface area contributed by atoms with Crippen LogP contribution in [0, 0.1) is 0 Å². The van der Waals surface area contributed by atoms with E-state index in [1.54, 1.807) is 0 Å². The maximum Gasteiger partial charge on any atom is 0.352 e. The molecular weight excluding hydrogens is 264 g/mol. The fourth-order valence-corrected chi connectivity index (χ4v) is 3.34. The number of likely N-dealkylation sites (N-methyl/N-ethyl adjacent to an activating group) is 1. The molecule has 1 unspecified atom stereocenters. The second kappa shape index (κ2) is 5.37. The van der Waals surface area contributed by atoms with Gasteiger partial charge in [-0.2, -0.15) is 0 Å². The molecule has 0 bridgehead atoms. The Morgan fingerprint density at radius 1 is 1.43 bits per heavy atom. The first-order valence-electron chi connectivity index (χ1n) is 7.36. The van der Waals surface area contributed by atoms with Crippen LogP contribution in [0.1, 0.15) is 41.9 Å². The van der Waals surface area contributed by atoms with Crippen LogP contribution in [0.25, 0.3) is 10.9 Å². The van der Waals surface area contributed by atoms with Crippen molar-refractivity contribution < 1.29 is 9.90 Å². The molecule has 0 saturated heterocycles. The summed E-state index contributed by atoms with van der Waals surface area (Å²) in [4.78, 5) is 17.0. The number of nitrogens with one attached hydrogen (secondary N) is 1. The Bertz CT molecular complexity index is 715. The summed E-state index contributed by atoms with van der Waals surface area (Å²) in [6, 6.07) is 7.87. The van der Waals surface area contributed by atoms with Gasteiger partial charge < -0.3 is 10.1 Å². The standard InChI is InChI=1S/C17H20N2O2/c1-3-11-7-6-10-19(2)16(11)14-12-8-4-5-9-13(12)18-15(14)17(20)21/h4-5,7-9,16,18H,3,6,10H2,1-2H3,(H,20,21). The van der Waals surface area contributed by atoms with Crippen LogP contribution >= 0.6 is 0 Å². The van der Waals surface area contributed by atoms with Gasteiger partial charge in [0.05, 0.1) is 6.04 Å². The highest BCUT2D eigenvalue weighted by atomic mass is 16.4. The summed E-state index contributed by atoms with van der Waals surface area (Å²) in [5.41, 5.74) is 3.40. The van der Waals surface area contributed by atoms with Gasteiger partial charge in [0, 0.05) is 23.0 Å². The van der Waals surface area contributed by atoms with Crippen molar-refractivity contribution in [1.29, 1.82) is 0 Å². The number of aromatic nitrogens is 1. The van der Waals surface area contributed by atoms with Crippen molar-refractivity contribution >= 4 is 16.9 Å². The van der Waals surface area contributed by atoms with Gasteiger partial charge in [-0.25, -0.2) is 4.79 Å². The number of H-pyrrole nitrogens is 1. The number of carboxylic acid groups (broad SMARTS) is 1. The summed E-state index contributed by atoms with van der Waals surface area (Å²) in [7, 11) is 2.07. The van der Waals surface area contributed by atoms with Crippen LogP contribution in [0.4, 0.5) is 0 Å². The Kier molecular flexibility index (Phi) is 3.55. The minimum atomic E-state index is -0.893. The number of carboxylic acids is 1. The Labute approximate surface area is 124 Å². The molecule has 3 rings (SSSR count). The van der Waals surface area contributed by atoms with E-state index in [0.717, 1.165) is 35.9 Å². The molecule has 0 spiro atoms. The zero-order chi connectivity index (χ0) is 15.0. The molecule has 0 saturated carbocycles. The highest BCUT2D eigenvalue weighted by molar-refractivity contribution is 5.98. The Hall–Kier alpha value is -2.07. The van der Waals surface area contributed by atoms with Crippen molar-refractivity contribution in [3.05, 3.63) is 47.2 Å². The first-order chi connectivity index (χ1) is 10.1. The molecule has 1 aliphatic rings. The molecule has 2 heterocycles. The molecule has 0 amide bonds. The maximum absolute atomic E-state index is 11.7. The normalized spacial score (nSPS) is 19.7. The summed E-state index contributed by atoms with van der Waals surface area (Å²) >= 11 is 0. The minimum Gasteiger partial charge on any atom is -0.477 e. The van der Waals surface area contributed by atoms with Crippen molar-refractivity contribution in [3.63, 3.8) is 0 Å². The summed E-state index contributed by atoms with van der Waals surface area (Å²) in [5.74, 6) is -0.893. The number of hydrogen-bond donors (Lipinski definition) is 2. The number of hydrogen-bond acceptors (Lipinski definition) is 2. The molecular formula is C17H20N2O2. The van der Waals surface area contributed by atoms with Crippen LogP contribution in [-0.4, -0.2) is 34.6 Å². The lowest BCUT2D eigenvalue weighted by Gasteiger charge is -2.34. The summed E-state index contributed by atoms with van der Waals surface area (Å²) in [6.07, 6.45) is 4.23. The van der Waals surface area contributed by atoms with Gasteiger partial charge in [-0.1, -0.05) is 36.8 Å². The van der Waals surface area contributed by atoms with E-state index in [0.29, 0.717) is 5.69 Å². The number of fused-ring (bicyclic) bond motifs is 1. The fourth-order valence-electron chi connectivity index (χ4n) is 3.34. The first-order valence-corrected chi connectivity index (χ1v) is 7.36. The van der Waals surface area contributed by atoms with Gasteiger partial charge in [0.15, 0.2) is 0 Å². The van der Waals surface area contributed by atoms with Crippen molar-refractivity contribution in [3.8, 4) is 0 Å². The van der Waals surface area contributed by atoms with E-state index in [-0.39, 0.29) is 6.04 Å². The third-order valence-corrected chi connectivity index (χ3v) is 4.32. The molecule has 1 aliphatic heterocycles. The minimum absolute atomic E-state index is 0.0472. The van der Waals surface area contributed by atoms with Crippen molar-refractivity contribution in [2.45, 2.75) is 25.8 Å². The largest absolute Gasteiger partial charge is 0.477 e. The average molecular weight is 284 g/mol. The van der Waals surface area contributed by atoms with E-state index in [1.807, 2.05) is 24.3 Å². The maximum atomic E-state index is 11.7. The number of nitrogens with zero attached hydrogens (tertiary/aromatic N) is 1. The van der Waals surface area contributed by atoms with Gasteiger partial charge in [0.25, 0.3) is 0 Å².